The molecule has 1 aromatic rings. The van der Waals surface area contributed by atoms with Crippen molar-refractivity contribution < 1.29 is 9.53 Å². The van der Waals surface area contributed by atoms with Gasteiger partial charge in [0.2, 0.25) is 5.91 Å². The van der Waals surface area contributed by atoms with E-state index in [1.165, 1.54) is 0 Å². The predicted molar refractivity (Wildman–Crippen MR) is 80.2 cm³/mol. The lowest BCUT2D eigenvalue weighted by molar-refractivity contribution is -0.137. The summed E-state index contributed by atoms with van der Waals surface area (Å²) < 4.78 is 5.24. The molecule has 1 aliphatic rings. The molecule has 2 rings (SSSR count). The average Bonchev–Trinajstić information content (AvgIpc) is 2.48. The van der Waals surface area contributed by atoms with Gasteiger partial charge >= 0.3 is 0 Å². The molecule has 0 spiro atoms. The van der Waals surface area contributed by atoms with Crippen molar-refractivity contribution in [2.24, 2.45) is 0 Å². The van der Waals surface area contributed by atoms with Gasteiger partial charge in [-0.15, -0.1) is 0 Å². The Morgan fingerprint density at radius 2 is 2.10 bits per heavy atom. The second-order valence-corrected chi connectivity index (χ2v) is 5.54. The predicted octanol–water partition coefficient (Wildman–Crippen LogP) is 2.33. The zero-order chi connectivity index (χ0) is 14.5. The molecule has 6 heteroatoms. The maximum absolute atomic E-state index is 12.2. The fourth-order valence-electron chi connectivity index (χ4n) is 2.09. The fraction of sp³-hybridized carbons (Fsp3) is 0.500. The van der Waals surface area contributed by atoms with Gasteiger partial charge in [0, 0.05) is 19.6 Å². The minimum Gasteiger partial charge on any atom is -0.378 e. The summed E-state index contributed by atoms with van der Waals surface area (Å²) in [6.07, 6.45) is 0. The van der Waals surface area contributed by atoms with Crippen LogP contribution in [0.15, 0.2) is 18.2 Å². The molecule has 0 aromatic heterocycles. The Balaban J connectivity index is 1.89. The van der Waals surface area contributed by atoms with Crippen LogP contribution in [0.2, 0.25) is 10.0 Å². The SMILES string of the molecule is CC(NCc1cccc(Cl)c1Cl)C(=O)N1CCOCC1. The van der Waals surface area contributed by atoms with Gasteiger partial charge in [-0.3, -0.25) is 4.79 Å². The van der Waals surface area contributed by atoms with Gasteiger partial charge in [-0.2, -0.15) is 0 Å². The molecular weight excluding hydrogens is 299 g/mol. The summed E-state index contributed by atoms with van der Waals surface area (Å²) in [6.45, 7) is 4.90. The summed E-state index contributed by atoms with van der Waals surface area (Å²) >= 11 is 12.1. The zero-order valence-corrected chi connectivity index (χ0v) is 12.9. The van der Waals surface area contributed by atoms with Crippen LogP contribution in [0.3, 0.4) is 0 Å². The standard InChI is InChI=1S/C14H18Cl2N2O2/c1-10(14(19)18-5-7-20-8-6-18)17-9-11-3-2-4-12(15)13(11)16/h2-4,10,17H,5-9H2,1H3. The van der Waals surface area contributed by atoms with Crippen LogP contribution in [-0.2, 0) is 16.1 Å². The molecule has 1 fully saturated rings. The summed E-state index contributed by atoms with van der Waals surface area (Å²) in [7, 11) is 0. The number of benzene rings is 1. The molecule has 1 N–H and O–H groups in total. The molecule has 1 heterocycles. The highest BCUT2D eigenvalue weighted by Crippen LogP contribution is 2.25. The molecule has 1 atom stereocenters. The summed E-state index contributed by atoms with van der Waals surface area (Å²) in [5.74, 6) is 0.0893. The highest BCUT2D eigenvalue weighted by molar-refractivity contribution is 6.42. The lowest BCUT2D eigenvalue weighted by Crippen LogP contribution is -2.49. The number of hydrogen-bond donors (Lipinski definition) is 1. The molecule has 1 aromatic carbocycles. The van der Waals surface area contributed by atoms with E-state index in [4.69, 9.17) is 27.9 Å². The Morgan fingerprint density at radius 1 is 1.40 bits per heavy atom. The fourth-order valence-corrected chi connectivity index (χ4v) is 2.48. The van der Waals surface area contributed by atoms with Crippen LogP contribution in [-0.4, -0.2) is 43.2 Å². The van der Waals surface area contributed by atoms with Gasteiger partial charge in [-0.25, -0.2) is 0 Å². The van der Waals surface area contributed by atoms with E-state index in [2.05, 4.69) is 5.32 Å². The van der Waals surface area contributed by atoms with E-state index in [-0.39, 0.29) is 11.9 Å². The normalized spacial score (nSPS) is 17.1. The van der Waals surface area contributed by atoms with E-state index >= 15 is 0 Å². The summed E-state index contributed by atoms with van der Waals surface area (Å²) in [5.41, 5.74) is 0.890. The number of carbonyl (C=O) groups is 1. The molecule has 110 valence electrons. The van der Waals surface area contributed by atoms with E-state index < -0.39 is 0 Å². The van der Waals surface area contributed by atoms with Crippen LogP contribution in [0.5, 0.6) is 0 Å². The van der Waals surface area contributed by atoms with Crippen LogP contribution in [0.25, 0.3) is 0 Å². The quantitative estimate of drug-likeness (QED) is 0.927. The van der Waals surface area contributed by atoms with Gasteiger partial charge in [-0.05, 0) is 18.6 Å². The van der Waals surface area contributed by atoms with Crippen molar-refractivity contribution in [1.82, 2.24) is 10.2 Å². The van der Waals surface area contributed by atoms with Crippen LogP contribution < -0.4 is 5.32 Å². The first-order valence-corrected chi connectivity index (χ1v) is 7.38. The molecule has 1 amide bonds. The van der Waals surface area contributed by atoms with Crippen LogP contribution in [0.4, 0.5) is 0 Å². The molecule has 0 bridgehead atoms. The largest absolute Gasteiger partial charge is 0.378 e. The topological polar surface area (TPSA) is 41.6 Å². The van der Waals surface area contributed by atoms with Gasteiger partial charge in [0.05, 0.1) is 29.3 Å². The van der Waals surface area contributed by atoms with Crippen molar-refractivity contribution in [3.8, 4) is 0 Å². The summed E-state index contributed by atoms with van der Waals surface area (Å²) in [6, 6.07) is 5.23. The van der Waals surface area contributed by atoms with Crippen molar-refractivity contribution in [2.75, 3.05) is 26.3 Å². The summed E-state index contributed by atoms with van der Waals surface area (Å²) in [4.78, 5) is 14.0. The van der Waals surface area contributed by atoms with Gasteiger partial charge < -0.3 is 15.0 Å². The Hall–Kier alpha value is -0.810. The third-order valence-electron chi connectivity index (χ3n) is 3.32. The molecule has 0 radical (unpaired) electrons. The molecule has 20 heavy (non-hydrogen) atoms. The number of ether oxygens (including phenoxy) is 1. The van der Waals surface area contributed by atoms with E-state index in [1.54, 1.807) is 6.07 Å². The Morgan fingerprint density at radius 3 is 2.80 bits per heavy atom. The Labute approximate surface area is 129 Å². The van der Waals surface area contributed by atoms with E-state index in [1.807, 2.05) is 24.0 Å². The lowest BCUT2D eigenvalue weighted by atomic mass is 10.2. The number of nitrogens with zero attached hydrogens (tertiary/aromatic N) is 1. The van der Waals surface area contributed by atoms with E-state index in [9.17, 15) is 4.79 Å². The molecular formula is C14H18Cl2N2O2. The monoisotopic (exact) mass is 316 g/mol. The highest BCUT2D eigenvalue weighted by Gasteiger charge is 2.22. The van der Waals surface area contributed by atoms with Crippen molar-refractivity contribution in [3.05, 3.63) is 33.8 Å². The second kappa shape index (κ2) is 7.27. The first-order valence-electron chi connectivity index (χ1n) is 6.62. The molecule has 1 unspecified atom stereocenters. The number of hydrogen-bond acceptors (Lipinski definition) is 3. The van der Waals surface area contributed by atoms with Crippen LogP contribution in [0.1, 0.15) is 12.5 Å². The van der Waals surface area contributed by atoms with Crippen LogP contribution >= 0.6 is 23.2 Å². The molecule has 0 saturated carbocycles. The van der Waals surface area contributed by atoms with Crippen molar-refractivity contribution in [2.45, 2.75) is 19.5 Å². The third-order valence-corrected chi connectivity index (χ3v) is 4.18. The number of rotatable bonds is 4. The smallest absolute Gasteiger partial charge is 0.239 e. The van der Waals surface area contributed by atoms with Gasteiger partial charge in [0.25, 0.3) is 0 Å². The third kappa shape index (κ3) is 3.85. The van der Waals surface area contributed by atoms with Crippen LogP contribution in [0, 0.1) is 0 Å². The number of morpholine rings is 1. The Kier molecular flexibility index (Phi) is 5.66. The number of amides is 1. The maximum Gasteiger partial charge on any atom is 0.239 e. The average molecular weight is 317 g/mol. The van der Waals surface area contributed by atoms with Gasteiger partial charge in [0.15, 0.2) is 0 Å². The number of nitrogens with one attached hydrogen (secondary N) is 1. The zero-order valence-electron chi connectivity index (χ0n) is 11.4. The van der Waals surface area contributed by atoms with E-state index in [0.29, 0.717) is 42.9 Å². The van der Waals surface area contributed by atoms with Gasteiger partial charge in [-0.1, -0.05) is 35.3 Å². The van der Waals surface area contributed by atoms with E-state index in [0.717, 1.165) is 5.56 Å². The number of halogens is 2. The van der Waals surface area contributed by atoms with Crippen molar-refractivity contribution >= 4 is 29.1 Å². The number of carbonyl (C=O) groups excluding carboxylic acids is 1. The second-order valence-electron chi connectivity index (χ2n) is 4.75. The lowest BCUT2D eigenvalue weighted by Gasteiger charge is -2.29. The van der Waals surface area contributed by atoms with Crippen molar-refractivity contribution in [1.29, 1.82) is 0 Å². The highest BCUT2D eigenvalue weighted by atomic mass is 35.5. The van der Waals surface area contributed by atoms with Crippen molar-refractivity contribution in [3.63, 3.8) is 0 Å². The summed E-state index contributed by atoms with van der Waals surface area (Å²) in [5, 5.41) is 4.25. The maximum atomic E-state index is 12.2. The molecule has 4 nitrogen and oxygen atoms in total. The minimum atomic E-state index is -0.261. The first kappa shape index (κ1) is 15.6. The van der Waals surface area contributed by atoms with Gasteiger partial charge in [0.1, 0.15) is 0 Å². The Bertz CT molecular complexity index is 476. The molecule has 1 aliphatic heterocycles. The first-order chi connectivity index (χ1) is 9.59. The molecule has 0 aliphatic carbocycles. The minimum absolute atomic E-state index is 0.0893. The molecule has 1 saturated heterocycles.